The molecule has 32 heavy (non-hydrogen) atoms. The molecular weight excluding hydrogens is 398 g/mol. The van der Waals surface area contributed by atoms with Gasteiger partial charge >= 0.3 is 0 Å². The standard InChI is InChI=1S/C27H35N3O2/c1-19(2)22-14-13-21(5)18-25(22)32-17-9-16-30-24-11-7-6-10-23(24)29-26(30)12-8-15-28-27(31)20(3)4/h6-7,10-11,13-14,18-19H,3,8-9,12,15-17H2,1-2,4-5H3,(H,28,31). The topological polar surface area (TPSA) is 56.2 Å². The fraction of sp³-hybridized carbons (Fsp3) is 0.407. The van der Waals surface area contributed by atoms with Gasteiger partial charge in [-0.25, -0.2) is 4.98 Å². The Hall–Kier alpha value is -3.08. The number of fused-ring (bicyclic) bond motifs is 1. The van der Waals surface area contributed by atoms with Gasteiger partial charge in [-0.1, -0.05) is 44.7 Å². The molecule has 2 aromatic carbocycles. The maximum absolute atomic E-state index is 11.7. The predicted molar refractivity (Wildman–Crippen MR) is 131 cm³/mol. The summed E-state index contributed by atoms with van der Waals surface area (Å²) >= 11 is 0. The number of aryl methyl sites for hydroxylation is 3. The van der Waals surface area contributed by atoms with Crippen LogP contribution in [-0.2, 0) is 17.8 Å². The molecule has 5 heteroatoms. The molecule has 1 aromatic heterocycles. The van der Waals surface area contributed by atoms with E-state index in [1.165, 1.54) is 11.1 Å². The maximum Gasteiger partial charge on any atom is 0.246 e. The lowest BCUT2D eigenvalue weighted by Gasteiger charge is -2.15. The highest BCUT2D eigenvalue weighted by Gasteiger charge is 2.12. The average molecular weight is 434 g/mol. The van der Waals surface area contributed by atoms with Crippen molar-refractivity contribution in [2.45, 2.75) is 59.4 Å². The number of para-hydroxylation sites is 2. The zero-order valence-corrected chi connectivity index (χ0v) is 19.8. The van der Waals surface area contributed by atoms with Gasteiger partial charge in [0.2, 0.25) is 5.91 Å². The van der Waals surface area contributed by atoms with E-state index in [9.17, 15) is 4.79 Å². The molecule has 1 amide bonds. The van der Waals surface area contributed by atoms with Crippen molar-refractivity contribution in [3.8, 4) is 5.75 Å². The first-order valence-electron chi connectivity index (χ1n) is 11.5. The van der Waals surface area contributed by atoms with Crippen LogP contribution in [0.5, 0.6) is 5.75 Å². The Morgan fingerprint density at radius 1 is 1.19 bits per heavy atom. The summed E-state index contributed by atoms with van der Waals surface area (Å²) in [5.74, 6) is 2.38. The van der Waals surface area contributed by atoms with E-state index < -0.39 is 0 Å². The molecule has 1 heterocycles. The molecule has 3 aromatic rings. The molecule has 5 nitrogen and oxygen atoms in total. The fourth-order valence-electron chi connectivity index (χ4n) is 3.81. The molecule has 0 unspecified atom stereocenters. The van der Waals surface area contributed by atoms with Crippen molar-refractivity contribution < 1.29 is 9.53 Å². The number of nitrogens with one attached hydrogen (secondary N) is 1. The smallest absolute Gasteiger partial charge is 0.246 e. The van der Waals surface area contributed by atoms with Crippen LogP contribution in [0, 0.1) is 6.92 Å². The molecule has 0 fully saturated rings. The van der Waals surface area contributed by atoms with Crippen LogP contribution < -0.4 is 10.1 Å². The summed E-state index contributed by atoms with van der Waals surface area (Å²) in [6.45, 7) is 14.0. The Kier molecular flexibility index (Phi) is 8.09. The van der Waals surface area contributed by atoms with Crippen molar-refractivity contribution >= 4 is 16.9 Å². The van der Waals surface area contributed by atoms with Crippen LogP contribution in [0.15, 0.2) is 54.6 Å². The zero-order valence-electron chi connectivity index (χ0n) is 19.8. The van der Waals surface area contributed by atoms with Gasteiger partial charge in [0.15, 0.2) is 0 Å². The van der Waals surface area contributed by atoms with Crippen molar-refractivity contribution in [1.82, 2.24) is 14.9 Å². The van der Waals surface area contributed by atoms with Gasteiger partial charge in [0.25, 0.3) is 0 Å². The van der Waals surface area contributed by atoms with E-state index in [0.29, 0.717) is 24.6 Å². The summed E-state index contributed by atoms with van der Waals surface area (Å²) in [4.78, 5) is 16.5. The molecule has 1 N–H and O–H groups in total. The number of imidazole rings is 1. The van der Waals surface area contributed by atoms with E-state index in [0.717, 1.165) is 48.4 Å². The first kappa shape index (κ1) is 23.6. The number of aromatic nitrogens is 2. The minimum Gasteiger partial charge on any atom is -0.493 e. The third-order valence-corrected chi connectivity index (χ3v) is 5.56. The fourth-order valence-corrected chi connectivity index (χ4v) is 3.81. The van der Waals surface area contributed by atoms with Crippen LogP contribution in [0.1, 0.15) is 56.5 Å². The predicted octanol–water partition coefficient (Wildman–Crippen LogP) is 5.56. The van der Waals surface area contributed by atoms with Gasteiger partial charge in [-0.2, -0.15) is 0 Å². The molecule has 0 spiro atoms. The Morgan fingerprint density at radius 3 is 2.72 bits per heavy atom. The van der Waals surface area contributed by atoms with Crippen molar-refractivity contribution in [1.29, 1.82) is 0 Å². The SMILES string of the molecule is C=C(C)C(=O)NCCCc1nc2ccccc2n1CCCOc1cc(C)ccc1C(C)C. The minimum absolute atomic E-state index is 0.0902. The van der Waals surface area contributed by atoms with Gasteiger partial charge < -0.3 is 14.6 Å². The number of benzene rings is 2. The largest absolute Gasteiger partial charge is 0.493 e. The number of amides is 1. The number of hydrogen-bond acceptors (Lipinski definition) is 3. The van der Waals surface area contributed by atoms with E-state index in [1.807, 2.05) is 6.07 Å². The van der Waals surface area contributed by atoms with Gasteiger partial charge in [-0.05, 0) is 61.9 Å². The highest BCUT2D eigenvalue weighted by Crippen LogP contribution is 2.27. The molecule has 170 valence electrons. The lowest BCUT2D eigenvalue weighted by molar-refractivity contribution is -0.117. The first-order chi connectivity index (χ1) is 15.4. The maximum atomic E-state index is 11.7. The molecule has 0 radical (unpaired) electrons. The van der Waals surface area contributed by atoms with E-state index in [4.69, 9.17) is 9.72 Å². The monoisotopic (exact) mass is 433 g/mol. The number of rotatable bonds is 11. The van der Waals surface area contributed by atoms with E-state index in [2.05, 4.69) is 73.6 Å². The average Bonchev–Trinajstić information content (AvgIpc) is 3.11. The lowest BCUT2D eigenvalue weighted by atomic mass is 10.0. The molecule has 3 rings (SSSR count). The van der Waals surface area contributed by atoms with Gasteiger partial charge in [0.05, 0.1) is 17.6 Å². The Morgan fingerprint density at radius 2 is 1.97 bits per heavy atom. The van der Waals surface area contributed by atoms with Crippen molar-refractivity contribution in [2.75, 3.05) is 13.2 Å². The molecule has 0 saturated carbocycles. The Labute approximate surface area is 191 Å². The zero-order chi connectivity index (χ0) is 23.1. The Bertz CT molecular complexity index is 1080. The summed E-state index contributed by atoms with van der Waals surface area (Å²) in [5.41, 5.74) is 5.15. The van der Waals surface area contributed by atoms with Gasteiger partial charge in [0, 0.05) is 25.1 Å². The minimum atomic E-state index is -0.0902. The normalized spacial score (nSPS) is 11.2. The van der Waals surface area contributed by atoms with Gasteiger partial charge in [-0.3, -0.25) is 4.79 Å². The van der Waals surface area contributed by atoms with Crippen LogP contribution in [-0.4, -0.2) is 28.6 Å². The van der Waals surface area contributed by atoms with Crippen LogP contribution in [0.25, 0.3) is 11.0 Å². The number of carbonyl (C=O) groups is 1. The van der Waals surface area contributed by atoms with Crippen molar-refractivity contribution in [3.63, 3.8) is 0 Å². The summed E-state index contributed by atoms with van der Waals surface area (Å²) in [5, 5.41) is 2.90. The second-order valence-electron chi connectivity index (χ2n) is 8.71. The van der Waals surface area contributed by atoms with Crippen LogP contribution >= 0.6 is 0 Å². The summed E-state index contributed by atoms with van der Waals surface area (Å²) in [6, 6.07) is 14.7. The van der Waals surface area contributed by atoms with Crippen molar-refractivity contribution in [3.05, 3.63) is 71.6 Å². The van der Waals surface area contributed by atoms with E-state index in [1.54, 1.807) is 6.92 Å². The molecule has 0 aliphatic carbocycles. The highest BCUT2D eigenvalue weighted by atomic mass is 16.5. The third-order valence-electron chi connectivity index (χ3n) is 5.56. The first-order valence-corrected chi connectivity index (χ1v) is 11.5. The second kappa shape index (κ2) is 11.0. The molecule has 0 aliphatic rings. The number of hydrogen-bond donors (Lipinski definition) is 1. The Balaban J connectivity index is 1.63. The lowest BCUT2D eigenvalue weighted by Crippen LogP contribution is -2.25. The molecule has 0 atom stereocenters. The molecule has 0 aliphatic heterocycles. The number of nitrogens with zero attached hydrogens (tertiary/aromatic N) is 2. The summed E-state index contributed by atoms with van der Waals surface area (Å²) in [7, 11) is 0. The quantitative estimate of drug-likeness (QED) is 0.318. The molecule has 0 bridgehead atoms. The van der Waals surface area contributed by atoms with Crippen LogP contribution in [0.4, 0.5) is 0 Å². The summed E-state index contributed by atoms with van der Waals surface area (Å²) < 4.78 is 8.48. The van der Waals surface area contributed by atoms with E-state index in [-0.39, 0.29) is 5.91 Å². The highest BCUT2D eigenvalue weighted by molar-refractivity contribution is 5.92. The summed E-state index contributed by atoms with van der Waals surface area (Å²) in [6.07, 6.45) is 2.53. The van der Waals surface area contributed by atoms with Crippen molar-refractivity contribution in [2.24, 2.45) is 0 Å². The molecular formula is C27H35N3O2. The third kappa shape index (κ3) is 6.00. The second-order valence-corrected chi connectivity index (χ2v) is 8.71. The number of ether oxygens (including phenoxy) is 1. The van der Waals surface area contributed by atoms with E-state index >= 15 is 0 Å². The van der Waals surface area contributed by atoms with Crippen LogP contribution in [0.3, 0.4) is 0 Å². The van der Waals surface area contributed by atoms with Gasteiger partial charge in [-0.15, -0.1) is 0 Å². The molecule has 0 saturated heterocycles. The number of carbonyl (C=O) groups excluding carboxylic acids is 1. The van der Waals surface area contributed by atoms with Crippen LogP contribution in [0.2, 0.25) is 0 Å². The van der Waals surface area contributed by atoms with Gasteiger partial charge in [0.1, 0.15) is 11.6 Å².